The van der Waals surface area contributed by atoms with Crippen LogP contribution >= 0.6 is 24.0 Å². The summed E-state index contributed by atoms with van der Waals surface area (Å²) in [6.45, 7) is 9.42. The first-order valence-corrected chi connectivity index (χ1v) is 9.13. The van der Waals surface area contributed by atoms with Gasteiger partial charge in [0, 0.05) is 13.1 Å². The molecular weight excluding hydrogens is 431 g/mol. The summed E-state index contributed by atoms with van der Waals surface area (Å²) in [7, 11) is 0. The van der Waals surface area contributed by atoms with Gasteiger partial charge in [0.25, 0.3) is 0 Å². The Labute approximate surface area is 168 Å². The summed E-state index contributed by atoms with van der Waals surface area (Å²) in [5.41, 5.74) is -1.10. The molecule has 1 aromatic rings. The fraction of sp³-hybridized carbons (Fsp3) is 0.722. The Bertz CT molecular complexity index is 485. The molecule has 0 spiro atoms. The van der Waals surface area contributed by atoms with E-state index in [9.17, 15) is 5.11 Å². The van der Waals surface area contributed by atoms with Crippen LogP contribution < -0.4 is 10.6 Å². The van der Waals surface area contributed by atoms with Crippen molar-refractivity contribution in [3.8, 4) is 0 Å². The first kappa shape index (κ1) is 22.2. The Hall–Kier alpha value is -0.800. The summed E-state index contributed by atoms with van der Waals surface area (Å²) in [5, 5.41) is 17.0. The maximum absolute atomic E-state index is 10.5. The summed E-state index contributed by atoms with van der Waals surface area (Å²) in [5.74, 6) is 1.28. The second-order valence-electron chi connectivity index (χ2n) is 6.63. The number of hydrogen-bond acceptors (Lipinski definition) is 4. The smallest absolute Gasteiger partial charge is 0.191 e. The van der Waals surface area contributed by atoms with Crippen molar-refractivity contribution in [3.05, 3.63) is 24.2 Å². The molecule has 0 aliphatic carbocycles. The van der Waals surface area contributed by atoms with Gasteiger partial charge in [-0.2, -0.15) is 0 Å². The summed E-state index contributed by atoms with van der Waals surface area (Å²) >= 11 is 0. The van der Waals surface area contributed by atoms with E-state index < -0.39 is 5.60 Å². The summed E-state index contributed by atoms with van der Waals surface area (Å²) in [4.78, 5) is 7.03. The van der Waals surface area contributed by atoms with Crippen LogP contribution in [0, 0.1) is 0 Å². The van der Waals surface area contributed by atoms with E-state index in [0.29, 0.717) is 5.76 Å². The average molecular weight is 464 g/mol. The Kier molecular flexibility index (Phi) is 10.4. The van der Waals surface area contributed by atoms with Crippen LogP contribution in [0.15, 0.2) is 27.8 Å². The summed E-state index contributed by atoms with van der Waals surface area (Å²) in [6.07, 6.45) is 6.60. The fourth-order valence-electron chi connectivity index (χ4n) is 2.91. The molecule has 2 heterocycles. The van der Waals surface area contributed by atoms with Crippen molar-refractivity contribution < 1.29 is 9.52 Å². The van der Waals surface area contributed by atoms with Gasteiger partial charge < -0.3 is 25.1 Å². The molecule has 1 fully saturated rings. The molecule has 1 unspecified atom stereocenters. The minimum absolute atomic E-state index is 0. The SMILES string of the molecule is CCNC(=NCC(C)(O)c1ccco1)NCCCCN1CCCC1.I. The van der Waals surface area contributed by atoms with Crippen molar-refractivity contribution in [2.45, 2.75) is 45.1 Å². The fourth-order valence-corrected chi connectivity index (χ4v) is 2.91. The summed E-state index contributed by atoms with van der Waals surface area (Å²) in [6, 6.07) is 3.55. The lowest BCUT2D eigenvalue weighted by atomic mass is 10.0. The normalized spacial score (nSPS) is 17.8. The summed E-state index contributed by atoms with van der Waals surface area (Å²) < 4.78 is 5.29. The molecule has 0 amide bonds. The number of guanidine groups is 1. The number of rotatable bonds is 9. The quantitative estimate of drug-likeness (QED) is 0.227. The number of nitrogens with one attached hydrogen (secondary N) is 2. The molecular formula is C18H33IN4O2. The Balaban J connectivity index is 0.00000312. The zero-order valence-corrected chi connectivity index (χ0v) is 17.8. The number of nitrogens with zero attached hydrogens (tertiary/aromatic N) is 2. The van der Waals surface area contributed by atoms with Gasteiger partial charge in [-0.15, -0.1) is 24.0 Å². The third-order valence-electron chi connectivity index (χ3n) is 4.33. The first-order valence-electron chi connectivity index (χ1n) is 9.13. The number of aliphatic hydroxyl groups is 1. The Morgan fingerprint density at radius 2 is 2.08 bits per heavy atom. The molecule has 1 aliphatic rings. The van der Waals surface area contributed by atoms with Crippen LogP contribution in [0.25, 0.3) is 0 Å². The van der Waals surface area contributed by atoms with E-state index in [-0.39, 0.29) is 30.5 Å². The lowest BCUT2D eigenvalue weighted by molar-refractivity contribution is 0.0437. The maximum Gasteiger partial charge on any atom is 0.191 e. The van der Waals surface area contributed by atoms with E-state index in [1.165, 1.54) is 38.9 Å². The number of halogens is 1. The average Bonchev–Trinajstić information content (AvgIpc) is 3.25. The highest BCUT2D eigenvalue weighted by molar-refractivity contribution is 14.0. The van der Waals surface area contributed by atoms with Crippen LogP contribution in [0.1, 0.15) is 45.3 Å². The molecule has 1 saturated heterocycles. The van der Waals surface area contributed by atoms with E-state index in [0.717, 1.165) is 25.5 Å². The molecule has 0 saturated carbocycles. The van der Waals surface area contributed by atoms with E-state index in [1.807, 2.05) is 6.92 Å². The Morgan fingerprint density at radius 3 is 2.72 bits per heavy atom. The predicted octanol–water partition coefficient (Wildman–Crippen LogP) is 2.54. The van der Waals surface area contributed by atoms with Gasteiger partial charge in [0.05, 0.1) is 12.8 Å². The van der Waals surface area contributed by atoms with Gasteiger partial charge >= 0.3 is 0 Å². The van der Waals surface area contributed by atoms with Crippen molar-refractivity contribution in [1.82, 2.24) is 15.5 Å². The van der Waals surface area contributed by atoms with Crippen molar-refractivity contribution in [3.63, 3.8) is 0 Å². The third-order valence-corrected chi connectivity index (χ3v) is 4.33. The molecule has 144 valence electrons. The van der Waals surface area contributed by atoms with Crippen LogP contribution in [-0.4, -0.2) is 55.2 Å². The molecule has 0 radical (unpaired) electrons. The Morgan fingerprint density at radius 1 is 1.32 bits per heavy atom. The molecule has 2 rings (SSSR count). The number of unbranched alkanes of at least 4 members (excludes halogenated alkanes) is 1. The van der Waals surface area contributed by atoms with Gasteiger partial charge in [0.15, 0.2) is 5.96 Å². The van der Waals surface area contributed by atoms with Gasteiger partial charge in [-0.25, -0.2) is 4.99 Å². The van der Waals surface area contributed by atoms with Crippen LogP contribution in [0.3, 0.4) is 0 Å². The second-order valence-corrected chi connectivity index (χ2v) is 6.63. The third kappa shape index (κ3) is 7.96. The number of furan rings is 1. The molecule has 3 N–H and O–H groups in total. The van der Waals surface area contributed by atoms with Crippen LogP contribution in [0.2, 0.25) is 0 Å². The zero-order chi connectivity index (χ0) is 17.3. The van der Waals surface area contributed by atoms with Gasteiger partial charge in [-0.1, -0.05) is 0 Å². The van der Waals surface area contributed by atoms with Crippen molar-refractivity contribution in [2.24, 2.45) is 4.99 Å². The van der Waals surface area contributed by atoms with Crippen molar-refractivity contribution >= 4 is 29.9 Å². The molecule has 6 nitrogen and oxygen atoms in total. The van der Waals surface area contributed by atoms with E-state index in [1.54, 1.807) is 25.3 Å². The molecule has 1 aliphatic heterocycles. The predicted molar refractivity (Wildman–Crippen MR) is 113 cm³/mol. The van der Waals surface area contributed by atoms with Crippen molar-refractivity contribution in [1.29, 1.82) is 0 Å². The molecule has 0 bridgehead atoms. The van der Waals surface area contributed by atoms with E-state index in [4.69, 9.17) is 4.42 Å². The topological polar surface area (TPSA) is 73.0 Å². The zero-order valence-electron chi connectivity index (χ0n) is 15.5. The molecule has 7 heteroatoms. The lowest BCUT2D eigenvalue weighted by Gasteiger charge is -2.19. The molecule has 1 aromatic heterocycles. The highest BCUT2D eigenvalue weighted by Crippen LogP contribution is 2.20. The van der Waals surface area contributed by atoms with Gasteiger partial charge in [-0.3, -0.25) is 0 Å². The second kappa shape index (κ2) is 11.7. The monoisotopic (exact) mass is 464 g/mol. The van der Waals surface area contributed by atoms with Crippen LogP contribution in [-0.2, 0) is 5.60 Å². The van der Waals surface area contributed by atoms with E-state index >= 15 is 0 Å². The number of likely N-dealkylation sites (tertiary alicyclic amines) is 1. The van der Waals surface area contributed by atoms with Crippen LogP contribution in [0.5, 0.6) is 0 Å². The lowest BCUT2D eigenvalue weighted by Crippen LogP contribution is -2.39. The standard InChI is InChI=1S/C18H32N4O2.HI/c1-3-19-17(20-10-4-5-11-22-12-6-7-13-22)21-15-18(2,23)16-9-8-14-24-16;/h8-9,14,23H,3-7,10-13,15H2,1-2H3,(H2,19,20,21);1H. The first-order chi connectivity index (χ1) is 11.6. The van der Waals surface area contributed by atoms with Crippen LogP contribution in [0.4, 0.5) is 0 Å². The van der Waals surface area contributed by atoms with Crippen molar-refractivity contribution in [2.75, 3.05) is 39.3 Å². The van der Waals surface area contributed by atoms with Gasteiger partial charge in [-0.05, 0) is 71.3 Å². The van der Waals surface area contributed by atoms with Gasteiger partial charge in [0.2, 0.25) is 0 Å². The number of aliphatic imine (C=N–C) groups is 1. The molecule has 0 aromatic carbocycles. The molecule has 1 atom stereocenters. The van der Waals surface area contributed by atoms with E-state index in [2.05, 4.69) is 20.5 Å². The highest BCUT2D eigenvalue weighted by Gasteiger charge is 2.26. The highest BCUT2D eigenvalue weighted by atomic mass is 127. The maximum atomic E-state index is 10.5. The minimum Gasteiger partial charge on any atom is -0.466 e. The number of hydrogen-bond donors (Lipinski definition) is 3. The van der Waals surface area contributed by atoms with Gasteiger partial charge in [0.1, 0.15) is 11.4 Å². The largest absolute Gasteiger partial charge is 0.466 e. The molecule has 25 heavy (non-hydrogen) atoms. The minimum atomic E-state index is -1.10.